The summed E-state index contributed by atoms with van der Waals surface area (Å²) >= 11 is 0. The monoisotopic (exact) mass is 277 g/mol. The SMILES string of the molecule is O=C(CC1=CCCCC1)Nc1cc([N+](=O)O)ccc1O. The van der Waals surface area contributed by atoms with E-state index in [1.165, 1.54) is 18.2 Å². The van der Waals surface area contributed by atoms with Crippen LogP contribution in [-0.2, 0) is 4.79 Å². The van der Waals surface area contributed by atoms with E-state index in [0.717, 1.165) is 31.3 Å². The van der Waals surface area contributed by atoms with E-state index in [9.17, 15) is 14.8 Å². The van der Waals surface area contributed by atoms with Gasteiger partial charge >= 0.3 is 5.69 Å². The van der Waals surface area contributed by atoms with Crippen molar-refractivity contribution < 1.29 is 20.0 Å². The number of phenols is 1. The summed E-state index contributed by atoms with van der Waals surface area (Å²) in [5, 5.41) is 21.0. The van der Waals surface area contributed by atoms with E-state index in [1.807, 2.05) is 0 Å². The third kappa shape index (κ3) is 3.57. The second-order valence-electron chi connectivity index (χ2n) is 4.81. The first-order chi connectivity index (χ1) is 9.56. The number of amides is 1. The van der Waals surface area contributed by atoms with Crippen molar-refractivity contribution in [3.8, 4) is 5.75 Å². The molecule has 3 N–H and O–H groups in total. The van der Waals surface area contributed by atoms with Crippen molar-refractivity contribution in [2.45, 2.75) is 32.1 Å². The molecule has 106 valence electrons. The molecule has 0 saturated carbocycles. The summed E-state index contributed by atoms with van der Waals surface area (Å²) in [5.74, 6) is -0.400. The van der Waals surface area contributed by atoms with Gasteiger partial charge in [-0.25, -0.2) is 5.21 Å². The maximum Gasteiger partial charge on any atom is 0.318 e. The van der Waals surface area contributed by atoms with Crippen LogP contribution in [0.4, 0.5) is 11.4 Å². The topological polar surface area (TPSA) is 89.6 Å². The molecule has 6 heteroatoms. The Morgan fingerprint density at radius 1 is 1.35 bits per heavy atom. The summed E-state index contributed by atoms with van der Waals surface area (Å²) in [4.78, 5) is 22.4. The molecule has 1 aromatic rings. The first-order valence-electron chi connectivity index (χ1n) is 6.53. The molecular weight excluding hydrogens is 260 g/mol. The fourth-order valence-corrected chi connectivity index (χ4v) is 2.21. The summed E-state index contributed by atoms with van der Waals surface area (Å²) in [6.45, 7) is 0. The Labute approximate surface area is 116 Å². The van der Waals surface area contributed by atoms with Gasteiger partial charge in [-0.15, -0.1) is 0 Å². The number of carbonyl (C=O) groups is 1. The highest BCUT2D eigenvalue weighted by atomic mass is 16.6. The summed E-state index contributed by atoms with van der Waals surface area (Å²) in [5.41, 5.74) is 1.14. The first-order valence-corrected chi connectivity index (χ1v) is 6.53. The molecule has 1 aliphatic rings. The molecule has 6 nitrogen and oxygen atoms in total. The third-order valence-corrected chi connectivity index (χ3v) is 3.25. The number of hydrogen-bond donors (Lipinski definition) is 3. The zero-order chi connectivity index (χ0) is 14.5. The Balaban J connectivity index is 2.05. The van der Waals surface area contributed by atoms with E-state index in [-0.39, 0.29) is 34.4 Å². The minimum atomic E-state index is -0.321. The van der Waals surface area contributed by atoms with Gasteiger partial charge in [-0.2, -0.15) is 0 Å². The number of rotatable bonds is 4. The molecule has 0 aromatic heterocycles. The molecule has 20 heavy (non-hydrogen) atoms. The van der Waals surface area contributed by atoms with Gasteiger partial charge in [0.25, 0.3) is 4.92 Å². The summed E-state index contributed by atoms with van der Waals surface area (Å²) in [6, 6.07) is 3.71. The van der Waals surface area contributed by atoms with Crippen molar-refractivity contribution in [2.75, 3.05) is 5.32 Å². The predicted molar refractivity (Wildman–Crippen MR) is 73.0 cm³/mol. The number of carbonyl (C=O) groups excluding carboxylic acids is 1. The molecule has 1 amide bonds. The smallest absolute Gasteiger partial charge is 0.318 e. The Morgan fingerprint density at radius 2 is 2.15 bits per heavy atom. The van der Waals surface area contributed by atoms with Crippen LogP contribution in [0.25, 0.3) is 0 Å². The molecule has 0 saturated heterocycles. The molecule has 1 aliphatic carbocycles. The van der Waals surface area contributed by atoms with Crippen molar-refractivity contribution in [2.24, 2.45) is 0 Å². The van der Waals surface area contributed by atoms with Crippen LogP contribution >= 0.6 is 0 Å². The highest BCUT2D eigenvalue weighted by Gasteiger charge is 2.17. The van der Waals surface area contributed by atoms with Gasteiger partial charge in [0, 0.05) is 18.6 Å². The Bertz CT molecular complexity index is 566. The number of allylic oxidation sites excluding steroid dienone is 1. The lowest BCUT2D eigenvalue weighted by atomic mass is 9.97. The van der Waals surface area contributed by atoms with Crippen LogP contribution in [0.3, 0.4) is 0 Å². The number of nitrogens with zero attached hydrogens (tertiary/aromatic N) is 1. The van der Waals surface area contributed by atoms with E-state index in [0.29, 0.717) is 0 Å². The largest absolute Gasteiger partial charge is 0.506 e. The van der Waals surface area contributed by atoms with E-state index >= 15 is 0 Å². The van der Waals surface area contributed by atoms with Gasteiger partial charge in [0.15, 0.2) is 0 Å². The molecule has 0 bridgehead atoms. The van der Waals surface area contributed by atoms with Crippen molar-refractivity contribution in [3.05, 3.63) is 34.8 Å². The minimum Gasteiger partial charge on any atom is -0.506 e. The molecular formula is C14H17N2O4+. The summed E-state index contributed by atoms with van der Waals surface area (Å²) < 4.78 is 0. The van der Waals surface area contributed by atoms with Crippen LogP contribution in [0.15, 0.2) is 29.8 Å². The van der Waals surface area contributed by atoms with Crippen molar-refractivity contribution in [1.29, 1.82) is 0 Å². The van der Waals surface area contributed by atoms with Crippen molar-refractivity contribution in [1.82, 2.24) is 0 Å². The molecule has 0 radical (unpaired) electrons. The lowest BCUT2D eigenvalue weighted by Gasteiger charge is -2.12. The highest BCUT2D eigenvalue weighted by molar-refractivity contribution is 5.94. The second-order valence-corrected chi connectivity index (χ2v) is 4.81. The van der Waals surface area contributed by atoms with Gasteiger partial charge in [0.05, 0.1) is 10.6 Å². The van der Waals surface area contributed by atoms with Crippen LogP contribution in [0.1, 0.15) is 32.1 Å². The zero-order valence-electron chi connectivity index (χ0n) is 11.0. The maximum atomic E-state index is 11.9. The molecule has 0 fully saturated rings. The Morgan fingerprint density at radius 3 is 2.80 bits per heavy atom. The van der Waals surface area contributed by atoms with Gasteiger partial charge in [-0.3, -0.25) is 4.79 Å². The Kier molecular flexibility index (Phi) is 4.34. The fraction of sp³-hybridized carbons (Fsp3) is 0.357. The van der Waals surface area contributed by atoms with Crippen LogP contribution in [-0.4, -0.2) is 21.1 Å². The average Bonchev–Trinajstić information content (AvgIpc) is 2.42. The van der Waals surface area contributed by atoms with E-state index < -0.39 is 0 Å². The van der Waals surface area contributed by atoms with Gasteiger partial charge in [-0.05, 0) is 31.7 Å². The van der Waals surface area contributed by atoms with Gasteiger partial charge in [-0.1, -0.05) is 11.6 Å². The molecule has 1 aromatic carbocycles. The first kappa shape index (κ1) is 14.0. The lowest BCUT2D eigenvalue weighted by molar-refractivity contribution is -0.729. The van der Waals surface area contributed by atoms with Crippen LogP contribution in [0, 0.1) is 4.91 Å². The van der Waals surface area contributed by atoms with Gasteiger partial charge in [0.1, 0.15) is 5.75 Å². The quantitative estimate of drug-likeness (QED) is 0.448. The fourth-order valence-electron chi connectivity index (χ4n) is 2.21. The second kappa shape index (κ2) is 6.18. The highest BCUT2D eigenvalue weighted by Crippen LogP contribution is 2.28. The molecule has 0 heterocycles. The van der Waals surface area contributed by atoms with Gasteiger partial charge < -0.3 is 10.4 Å². The third-order valence-electron chi connectivity index (χ3n) is 3.25. The van der Waals surface area contributed by atoms with Crippen LogP contribution in [0.2, 0.25) is 0 Å². The summed E-state index contributed by atoms with van der Waals surface area (Å²) in [6.07, 6.45) is 6.53. The maximum absolute atomic E-state index is 11.9. The van der Waals surface area contributed by atoms with E-state index in [4.69, 9.17) is 5.21 Å². The van der Waals surface area contributed by atoms with Crippen molar-refractivity contribution >= 4 is 17.3 Å². The van der Waals surface area contributed by atoms with E-state index in [2.05, 4.69) is 11.4 Å². The molecule has 0 unspecified atom stereocenters. The zero-order valence-corrected chi connectivity index (χ0v) is 11.0. The van der Waals surface area contributed by atoms with Crippen LogP contribution in [0.5, 0.6) is 5.75 Å². The number of benzene rings is 1. The molecule has 0 aliphatic heterocycles. The summed E-state index contributed by atoms with van der Waals surface area (Å²) in [7, 11) is 0. The van der Waals surface area contributed by atoms with Gasteiger partial charge in [0.2, 0.25) is 5.91 Å². The number of aromatic hydroxyl groups is 1. The normalized spacial score (nSPS) is 14.5. The Hall–Kier alpha value is -2.37. The van der Waals surface area contributed by atoms with E-state index in [1.54, 1.807) is 0 Å². The minimum absolute atomic E-state index is 0.0602. The number of phenolic OH excluding ortho intramolecular Hbond substituents is 1. The number of nitrogens with one attached hydrogen (secondary N) is 1. The predicted octanol–water partition coefficient (Wildman–Crippen LogP) is 3.02. The standard InChI is InChI=1S/C14H16N2O4/c17-13-7-6-11(16(19)20)9-12(13)15-14(18)8-10-4-2-1-3-5-10/h4,6-7,9H,1-3,5,8H2,(H2-,15,17,18,19,20)/p+1. The molecule has 0 atom stereocenters. The molecule has 2 rings (SSSR count). The lowest BCUT2D eigenvalue weighted by Crippen LogP contribution is -2.13. The average molecular weight is 277 g/mol. The number of hydrogen-bond acceptors (Lipinski definition) is 3. The van der Waals surface area contributed by atoms with Crippen LogP contribution < -0.4 is 5.32 Å². The molecule has 0 spiro atoms. The number of anilines is 1. The van der Waals surface area contributed by atoms with Crippen molar-refractivity contribution in [3.63, 3.8) is 0 Å².